The summed E-state index contributed by atoms with van der Waals surface area (Å²) in [6.07, 6.45) is 13.4. The summed E-state index contributed by atoms with van der Waals surface area (Å²) in [7, 11) is 0. The Bertz CT molecular complexity index is 878. The van der Waals surface area contributed by atoms with E-state index in [1.54, 1.807) is 0 Å². The fourth-order valence-electron chi connectivity index (χ4n) is 3.21. The Kier molecular flexibility index (Phi) is 8.51. The third kappa shape index (κ3) is 6.57. The Hall–Kier alpha value is -2.39. The topological polar surface area (TPSA) is 22.1 Å². The number of thiazole rings is 1. The van der Waals surface area contributed by atoms with Crippen LogP contribution in [0.5, 0.6) is 5.75 Å². The summed E-state index contributed by atoms with van der Waals surface area (Å²) < 4.78 is 5.82. The number of unbranched alkanes of at least 4 members (excludes halogenated alkanes) is 3. The Morgan fingerprint density at radius 1 is 0.897 bits per heavy atom. The van der Waals surface area contributed by atoms with Gasteiger partial charge < -0.3 is 4.74 Å². The first-order valence-corrected chi connectivity index (χ1v) is 11.5. The normalized spacial score (nSPS) is 11.2. The van der Waals surface area contributed by atoms with E-state index in [0.717, 1.165) is 36.6 Å². The highest BCUT2D eigenvalue weighted by Crippen LogP contribution is 2.29. The number of nitrogens with zero attached hydrogens (tertiary/aromatic N) is 1. The van der Waals surface area contributed by atoms with Crippen molar-refractivity contribution in [1.29, 1.82) is 0 Å². The lowest BCUT2D eigenvalue weighted by Gasteiger charge is -2.07. The highest BCUT2D eigenvalue weighted by atomic mass is 32.1. The second-order valence-electron chi connectivity index (χ2n) is 7.25. The lowest BCUT2D eigenvalue weighted by molar-refractivity contribution is 0.312. The number of ether oxygens (including phenoxy) is 1. The maximum absolute atomic E-state index is 5.82. The zero-order valence-corrected chi connectivity index (χ0v) is 18.4. The van der Waals surface area contributed by atoms with Gasteiger partial charge >= 0.3 is 0 Å². The Labute approximate surface area is 179 Å². The van der Waals surface area contributed by atoms with Gasteiger partial charge in [-0.05, 0) is 55.9 Å². The van der Waals surface area contributed by atoms with E-state index in [0.29, 0.717) is 0 Å². The summed E-state index contributed by atoms with van der Waals surface area (Å²) in [5.74, 6) is 0.934. The highest BCUT2D eigenvalue weighted by Gasteiger charge is 2.06. The number of allylic oxidation sites excluding steroid dienone is 2. The lowest BCUT2D eigenvalue weighted by Crippen LogP contribution is -1.96. The van der Waals surface area contributed by atoms with Crippen molar-refractivity contribution in [2.45, 2.75) is 52.4 Å². The first-order valence-electron chi connectivity index (χ1n) is 10.7. The summed E-state index contributed by atoms with van der Waals surface area (Å²) in [5.41, 5.74) is 3.62. The monoisotopic (exact) mass is 405 g/mol. The standard InChI is InChI=1S/C26H31NOS/c1-3-5-7-9-19-28-24-17-15-22(16-18-24)21-11-13-23(14-12-21)26-27-20-25(29-26)10-8-6-4-2/h3,5,11-18,20H,4,6-10,19H2,1-2H3. The predicted molar refractivity (Wildman–Crippen MR) is 126 cm³/mol. The Morgan fingerprint density at radius 2 is 1.59 bits per heavy atom. The average Bonchev–Trinajstić information content (AvgIpc) is 3.23. The van der Waals surface area contributed by atoms with Crippen LogP contribution in [0.15, 0.2) is 66.9 Å². The Morgan fingerprint density at radius 3 is 2.28 bits per heavy atom. The van der Waals surface area contributed by atoms with Gasteiger partial charge in [-0.1, -0.05) is 68.3 Å². The molecule has 0 bridgehead atoms. The molecule has 2 aromatic carbocycles. The van der Waals surface area contributed by atoms with Gasteiger partial charge in [-0.25, -0.2) is 4.98 Å². The number of hydrogen-bond acceptors (Lipinski definition) is 3. The van der Waals surface area contributed by atoms with Crippen molar-refractivity contribution < 1.29 is 4.74 Å². The van der Waals surface area contributed by atoms with E-state index in [-0.39, 0.29) is 0 Å². The molecule has 29 heavy (non-hydrogen) atoms. The molecule has 0 radical (unpaired) electrons. The molecule has 0 N–H and O–H groups in total. The molecule has 0 unspecified atom stereocenters. The third-order valence-corrected chi connectivity index (χ3v) is 6.03. The first-order chi connectivity index (χ1) is 14.3. The summed E-state index contributed by atoms with van der Waals surface area (Å²) in [6, 6.07) is 17.1. The second-order valence-corrected chi connectivity index (χ2v) is 8.37. The number of rotatable bonds is 11. The van der Waals surface area contributed by atoms with Crippen LogP contribution in [0.1, 0.15) is 50.8 Å². The van der Waals surface area contributed by atoms with Crippen molar-refractivity contribution in [2.24, 2.45) is 0 Å². The zero-order valence-electron chi connectivity index (χ0n) is 17.6. The molecule has 0 aliphatic rings. The lowest BCUT2D eigenvalue weighted by atomic mass is 10.0. The molecule has 0 atom stereocenters. The van der Waals surface area contributed by atoms with Crippen molar-refractivity contribution in [3.05, 3.63) is 71.8 Å². The van der Waals surface area contributed by atoms with Gasteiger partial charge in [-0.3, -0.25) is 0 Å². The van der Waals surface area contributed by atoms with Crippen LogP contribution >= 0.6 is 11.3 Å². The van der Waals surface area contributed by atoms with E-state index < -0.39 is 0 Å². The molecule has 3 rings (SSSR count). The van der Waals surface area contributed by atoms with E-state index >= 15 is 0 Å². The van der Waals surface area contributed by atoms with E-state index in [4.69, 9.17) is 4.74 Å². The minimum atomic E-state index is 0.757. The van der Waals surface area contributed by atoms with Crippen LogP contribution < -0.4 is 4.74 Å². The van der Waals surface area contributed by atoms with Crippen LogP contribution in [0, 0.1) is 0 Å². The molecule has 0 saturated carbocycles. The van der Waals surface area contributed by atoms with Gasteiger partial charge in [0, 0.05) is 16.6 Å². The summed E-state index contributed by atoms with van der Waals surface area (Å²) in [4.78, 5) is 6.01. The van der Waals surface area contributed by atoms with Crippen molar-refractivity contribution in [3.63, 3.8) is 0 Å². The summed E-state index contributed by atoms with van der Waals surface area (Å²) in [5, 5.41) is 1.12. The van der Waals surface area contributed by atoms with Crippen LogP contribution in [0.2, 0.25) is 0 Å². The van der Waals surface area contributed by atoms with E-state index in [1.807, 2.05) is 17.5 Å². The van der Waals surface area contributed by atoms with Crippen molar-refractivity contribution >= 4 is 11.3 Å². The average molecular weight is 406 g/mol. The molecule has 0 saturated heterocycles. The molecule has 1 aromatic heterocycles. The van der Waals surface area contributed by atoms with Gasteiger partial charge in [-0.2, -0.15) is 0 Å². The maximum Gasteiger partial charge on any atom is 0.123 e. The molecular weight excluding hydrogens is 374 g/mol. The quantitative estimate of drug-likeness (QED) is 0.238. The van der Waals surface area contributed by atoms with Gasteiger partial charge in [0.25, 0.3) is 0 Å². The molecule has 0 fully saturated rings. The zero-order chi connectivity index (χ0) is 20.3. The van der Waals surface area contributed by atoms with E-state index in [2.05, 4.69) is 79.5 Å². The van der Waals surface area contributed by atoms with Crippen LogP contribution in [0.3, 0.4) is 0 Å². The number of benzene rings is 2. The molecule has 0 aliphatic heterocycles. The fourth-order valence-corrected chi connectivity index (χ4v) is 4.17. The number of aryl methyl sites for hydroxylation is 1. The molecule has 0 amide bonds. The van der Waals surface area contributed by atoms with Gasteiger partial charge in [0.2, 0.25) is 0 Å². The molecule has 2 nitrogen and oxygen atoms in total. The van der Waals surface area contributed by atoms with Crippen LogP contribution in [-0.4, -0.2) is 11.6 Å². The van der Waals surface area contributed by atoms with Gasteiger partial charge in [-0.15, -0.1) is 11.3 Å². The minimum absolute atomic E-state index is 0.757. The van der Waals surface area contributed by atoms with Crippen molar-refractivity contribution in [2.75, 3.05) is 6.61 Å². The van der Waals surface area contributed by atoms with Gasteiger partial charge in [0.05, 0.1) is 6.61 Å². The molecule has 3 heteroatoms. The van der Waals surface area contributed by atoms with Crippen LogP contribution in [0.4, 0.5) is 0 Å². The van der Waals surface area contributed by atoms with E-state index in [9.17, 15) is 0 Å². The van der Waals surface area contributed by atoms with Crippen LogP contribution in [-0.2, 0) is 6.42 Å². The first kappa shape index (κ1) is 21.3. The van der Waals surface area contributed by atoms with Crippen molar-refractivity contribution in [3.8, 4) is 27.4 Å². The predicted octanol–water partition coefficient (Wildman–Crippen LogP) is 7.94. The summed E-state index contributed by atoms with van der Waals surface area (Å²) in [6.45, 7) is 5.05. The summed E-state index contributed by atoms with van der Waals surface area (Å²) >= 11 is 1.82. The molecule has 152 valence electrons. The fraction of sp³-hybridized carbons (Fsp3) is 0.346. The largest absolute Gasteiger partial charge is 0.494 e. The molecule has 0 spiro atoms. The second kappa shape index (κ2) is 11.6. The molecule has 3 aromatic rings. The third-order valence-electron chi connectivity index (χ3n) is 4.92. The van der Waals surface area contributed by atoms with E-state index in [1.165, 1.54) is 40.8 Å². The SMILES string of the molecule is CC=CCCCOc1ccc(-c2ccc(-c3ncc(CCCCC)s3)cc2)cc1. The van der Waals surface area contributed by atoms with Crippen molar-refractivity contribution in [1.82, 2.24) is 4.98 Å². The number of hydrogen-bond donors (Lipinski definition) is 0. The highest BCUT2D eigenvalue weighted by molar-refractivity contribution is 7.15. The van der Waals surface area contributed by atoms with Crippen LogP contribution in [0.25, 0.3) is 21.7 Å². The van der Waals surface area contributed by atoms with Gasteiger partial charge in [0.1, 0.15) is 10.8 Å². The maximum atomic E-state index is 5.82. The Balaban J connectivity index is 1.57. The van der Waals surface area contributed by atoms with Gasteiger partial charge in [0.15, 0.2) is 0 Å². The molecular formula is C26H31NOS. The molecule has 1 heterocycles. The number of aromatic nitrogens is 1. The molecule has 0 aliphatic carbocycles. The smallest absolute Gasteiger partial charge is 0.123 e. The minimum Gasteiger partial charge on any atom is -0.494 e.